The zero-order valence-corrected chi connectivity index (χ0v) is 59.1. The Hall–Kier alpha value is -7.84. The number of fused-ring (bicyclic) bond motifs is 6. The van der Waals surface area contributed by atoms with Gasteiger partial charge in [0.1, 0.15) is 36.1 Å². The minimum Gasteiger partial charge on any atom is -0.462 e. The number of hydrogen-bond donors (Lipinski definition) is 4. The van der Waals surface area contributed by atoms with Crippen LogP contribution in [0.3, 0.4) is 0 Å². The Balaban J connectivity index is 0.836. The van der Waals surface area contributed by atoms with Gasteiger partial charge in [-0.15, -0.1) is 0 Å². The van der Waals surface area contributed by atoms with Crippen molar-refractivity contribution < 1.29 is 86.8 Å². The average Bonchev–Trinajstić information content (AvgIpc) is 0.781. The number of amides is 1. The minimum atomic E-state index is -2.53. The summed E-state index contributed by atoms with van der Waals surface area (Å²) in [5.41, 5.74) is -4.72. The van der Waals surface area contributed by atoms with Crippen LogP contribution in [0.2, 0.25) is 0 Å². The number of carbonyl (C=O) groups excluding carboxylic acids is 8. The van der Waals surface area contributed by atoms with E-state index in [2.05, 4.69) is 57.0 Å². The van der Waals surface area contributed by atoms with Crippen LogP contribution >= 0.6 is 0 Å². The maximum atomic E-state index is 16.6. The van der Waals surface area contributed by atoms with E-state index in [-0.39, 0.29) is 66.2 Å². The van der Waals surface area contributed by atoms with Crippen molar-refractivity contribution >= 4 is 47.5 Å². The topological polar surface area (TPSA) is 274 Å². The molecular formula is C81H99NO18. The van der Waals surface area contributed by atoms with Crippen LogP contribution in [0.1, 0.15) is 191 Å². The molecule has 100 heavy (non-hydrogen) atoms. The van der Waals surface area contributed by atoms with Gasteiger partial charge in [0.25, 0.3) is 5.91 Å². The summed E-state index contributed by atoms with van der Waals surface area (Å²) < 4.78 is 44.0. The molecule has 3 aromatic rings. The first-order valence-electron chi connectivity index (χ1n) is 35.9. The zero-order chi connectivity index (χ0) is 71.8. The number of allylic oxidation sites excluding steroid dienone is 5. The minimum absolute atomic E-state index is 0.0173. The molecule has 0 radical (unpaired) electrons. The predicted octanol–water partition coefficient (Wildman–Crippen LogP) is 11.8. The molecule has 1 amide bonds. The van der Waals surface area contributed by atoms with E-state index >= 15 is 4.79 Å². The highest BCUT2D eigenvalue weighted by atomic mass is 16.6. The first kappa shape index (κ1) is 73.4. The lowest BCUT2D eigenvalue weighted by Gasteiger charge is -2.67. The van der Waals surface area contributed by atoms with Gasteiger partial charge >= 0.3 is 35.8 Å². The van der Waals surface area contributed by atoms with Crippen LogP contribution in [0.4, 0.5) is 0 Å². The Morgan fingerprint density at radius 3 is 2.01 bits per heavy atom. The number of unbranched alkanes of at least 4 members (excludes halogenated alkanes) is 1. The van der Waals surface area contributed by atoms with Crippen LogP contribution < -0.4 is 5.32 Å². The fraction of sp³-hybridized carbons (Fsp3) is 0.556. The molecule has 536 valence electrons. The van der Waals surface area contributed by atoms with E-state index < -0.39 is 143 Å². The van der Waals surface area contributed by atoms with Crippen LogP contribution in [0.25, 0.3) is 0 Å². The summed E-state index contributed by atoms with van der Waals surface area (Å²) in [6.45, 7) is 19.3. The molecule has 14 unspecified atom stereocenters. The maximum Gasteiger partial charge on any atom is 0.338 e. The molecule has 3 aromatic carbocycles. The predicted molar refractivity (Wildman–Crippen MR) is 369 cm³/mol. The number of ether oxygens (including phenoxy) is 7. The van der Waals surface area contributed by atoms with Crippen LogP contribution in [-0.4, -0.2) is 129 Å². The van der Waals surface area contributed by atoms with Gasteiger partial charge in [-0.25, -0.2) is 9.59 Å². The highest BCUT2D eigenvalue weighted by molar-refractivity contribution is 5.96. The number of benzene rings is 3. The van der Waals surface area contributed by atoms with Crippen molar-refractivity contribution in [2.45, 2.75) is 225 Å². The number of Topliss-reactive ketones (excluding diaryl/α,β-unsaturated/α-hetero) is 1. The highest BCUT2D eigenvalue weighted by Gasteiger charge is 2.79. The van der Waals surface area contributed by atoms with Crippen molar-refractivity contribution in [3.05, 3.63) is 166 Å². The number of esters is 6. The SMILES string of the molecule is C=C1/C(=C\C=C2/CCC[C@@]3(C)C2CCC3[C@@H](C)/C=C/C(C)C2CC2)C[C@@H](OC(=O)CCCCC(=O)OC2CC3OCC3(OC(C)=O)C3C(OC(=O)c4ccccc4)C4(O)CC(OC(=O)C(O)C(NC(=O)c5ccccc5)c5ccccc5)C(C)=C(C(OC(C)=O)C(=O)C23C)C4(C)C)C[C@@H]1O. The van der Waals surface area contributed by atoms with Gasteiger partial charge in [-0.05, 0) is 159 Å². The Morgan fingerprint density at radius 1 is 0.760 bits per heavy atom. The second-order valence-corrected chi connectivity index (χ2v) is 30.6. The molecule has 8 aliphatic rings. The molecular weight excluding hydrogens is 1270 g/mol. The average molecular weight is 1370 g/mol. The Kier molecular flexibility index (Phi) is 21.7. The van der Waals surface area contributed by atoms with Crippen LogP contribution in [0, 0.1) is 51.8 Å². The lowest BCUT2D eigenvalue weighted by Crippen LogP contribution is -2.82. The van der Waals surface area contributed by atoms with Gasteiger partial charge in [-0.1, -0.05) is 138 Å². The molecule has 1 aliphatic heterocycles. The Bertz CT molecular complexity index is 3740. The van der Waals surface area contributed by atoms with Crippen LogP contribution in [0.15, 0.2) is 150 Å². The van der Waals surface area contributed by atoms with Crippen molar-refractivity contribution in [1.29, 1.82) is 0 Å². The van der Waals surface area contributed by atoms with E-state index in [9.17, 15) is 48.9 Å². The summed E-state index contributed by atoms with van der Waals surface area (Å²) in [6.07, 6.45) is 5.42. The monoisotopic (exact) mass is 1370 g/mol. The van der Waals surface area contributed by atoms with Gasteiger partial charge < -0.3 is 53.8 Å². The number of hydrogen-bond acceptors (Lipinski definition) is 18. The van der Waals surface area contributed by atoms with Gasteiger partial charge in [-0.2, -0.15) is 0 Å². The number of aliphatic hydroxyl groups is 3. The molecule has 7 aliphatic carbocycles. The molecule has 1 heterocycles. The van der Waals surface area contributed by atoms with Crippen molar-refractivity contribution in [2.75, 3.05) is 6.61 Å². The number of aliphatic hydroxyl groups excluding tert-OH is 2. The van der Waals surface area contributed by atoms with Crippen molar-refractivity contribution in [1.82, 2.24) is 5.32 Å². The summed E-state index contributed by atoms with van der Waals surface area (Å²) in [5, 5.41) is 40.4. The summed E-state index contributed by atoms with van der Waals surface area (Å²) in [7, 11) is 0. The van der Waals surface area contributed by atoms with Gasteiger partial charge in [0.05, 0.1) is 35.6 Å². The molecule has 18 atom stereocenters. The molecule has 0 spiro atoms. The van der Waals surface area contributed by atoms with E-state index in [4.69, 9.17) is 33.2 Å². The number of ketones is 1. The smallest absolute Gasteiger partial charge is 0.338 e. The van der Waals surface area contributed by atoms with Crippen molar-refractivity contribution in [2.24, 2.45) is 51.8 Å². The third-order valence-corrected chi connectivity index (χ3v) is 24.0. The van der Waals surface area contributed by atoms with E-state index in [0.717, 1.165) is 44.6 Å². The molecule has 2 bridgehead atoms. The van der Waals surface area contributed by atoms with E-state index in [1.54, 1.807) is 92.7 Å². The number of rotatable bonds is 22. The normalized spacial score (nSPS) is 33.4. The second-order valence-electron chi connectivity index (χ2n) is 30.6. The number of nitrogens with one attached hydrogen (secondary N) is 1. The van der Waals surface area contributed by atoms with Gasteiger partial charge in [0, 0.05) is 63.4 Å². The van der Waals surface area contributed by atoms with Crippen LogP contribution in [0.5, 0.6) is 0 Å². The van der Waals surface area contributed by atoms with E-state index in [1.165, 1.54) is 57.2 Å². The standard InChI is InChI=1S/C81H99NO18/c1-46(52-34-35-52)32-33-47(2)59-38-39-60-53(29-22-40-78(59,60)9)36-37-57-41-58(42-61(85)48(57)3)96-65(86)30-20-21-31-66(87)98-63-43-64-80(45-94-64,100-51(6)84)71-73(99-75(91)56-27-18-13-19-28-56)81(93)44-62(49(4)67(77(81,7)8)70(95-50(5)83)72(89)79(63,71)10)97-76(92)69(88)68(54-23-14-11-15-24-54)82-74(90)55-25-16-12-17-26-55/h11-19,23-28,32-33,36-37,46-47,52,58-64,68-71,73,85,88,93H,3,20-22,29-31,34-35,38-45H2,1-2,4-10H3,(H,82,90)/b33-32+,53-36+,57-37-/t46?,47-,58+,59?,60?,61-,62?,63?,64?,68?,69?,70?,71?,73?,78+,79?,80?,81?/m0/s1. The Morgan fingerprint density at radius 2 is 1.39 bits per heavy atom. The summed E-state index contributed by atoms with van der Waals surface area (Å²) in [6, 6.07) is 22.8. The summed E-state index contributed by atoms with van der Waals surface area (Å²) in [4.78, 5) is 115. The Labute approximate surface area is 586 Å². The molecule has 11 rings (SSSR count). The molecule has 19 heteroatoms. The summed E-state index contributed by atoms with van der Waals surface area (Å²) >= 11 is 0. The molecule has 7 fully saturated rings. The maximum absolute atomic E-state index is 16.6. The lowest BCUT2D eigenvalue weighted by molar-refractivity contribution is -0.346. The first-order valence-corrected chi connectivity index (χ1v) is 35.9. The number of carbonyl (C=O) groups is 8. The molecule has 0 aromatic heterocycles. The lowest BCUT2D eigenvalue weighted by atomic mass is 9.44. The first-order chi connectivity index (χ1) is 47.5. The van der Waals surface area contributed by atoms with Gasteiger partial charge in [0.2, 0.25) is 0 Å². The molecule has 19 nitrogen and oxygen atoms in total. The van der Waals surface area contributed by atoms with Gasteiger partial charge in [-0.3, -0.25) is 28.8 Å². The molecule has 1 saturated heterocycles. The highest BCUT2D eigenvalue weighted by Crippen LogP contribution is 2.66. The third-order valence-electron chi connectivity index (χ3n) is 24.0. The van der Waals surface area contributed by atoms with Crippen molar-refractivity contribution in [3.8, 4) is 0 Å². The zero-order valence-electron chi connectivity index (χ0n) is 59.1. The fourth-order valence-corrected chi connectivity index (χ4v) is 18.3. The molecule has 6 saturated carbocycles. The molecule has 4 N–H and O–H groups in total. The van der Waals surface area contributed by atoms with Crippen LogP contribution in [-0.2, 0) is 61.9 Å². The summed E-state index contributed by atoms with van der Waals surface area (Å²) in [5.74, 6) is -5.56. The van der Waals surface area contributed by atoms with E-state index in [1.807, 2.05) is 0 Å². The van der Waals surface area contributed by atoms with Crippen molar-refractivity contribution in [3.63, 3.8) is 0 Å². The quantitative estimate of drug-likeness (QED) is 0.0315. The largest absolute Gasteiger partial charge is 0.462 e. The second kappa shape index (κ2) is 29.6. The third kappa shape index (κ3) is 14.4. The van der Waals surface area contributed by atoms with Gasteiger partial charge in [0.15, 0.2) is 23.6 Å². The van der Waals surface area contributed by atoms with E-state index in [0.29, 0.717) is 41.2 Å². The fourth-order valence-electron chi connectivity index (χ4n) is 18.3.